The second-order valence-electron chi connectivity index (χ2n) is 5.35. The van der Waals surface area contributed by atoms with Gasteiger partial charge in [-0.25, -0.2) is 0 Å². The third-order valence-corrected chi connectivity index (χ3v) is 5.91. The van der Waals surface area contributed by atoms with Crippen molar-refractivity contribution >= 4 is 31.9 Å². The van der Waals surface area contributed by atoms with E-state index in [0.29, 0.717) is 10.4 Å². The molecule has 1 aromatic rings. The van der Waals surface area contributed by atoms with Gasteiger partial charge >= 0.3 is 0 Å². The zero-order valence-corrected chi connectivity index (χ0v) is 13.2. The summed E-state index contributed by atoms with van der Waals surface area (Å²) >= 11 is 6.69. The molecule has 0 bridgehead atoms. The van der Waals surface area contributed by atoms with Gasteiger partial charge in [0.05, 0.1) is 10.1 Å². The number of rotatable bonds is 2. The first-order valence-electron chi connectivity index (χ1n) is 6.36. The largest absolute Gasteiger partial charge is 0.450 e. The molecule has 0 radical (unpaired) electrons. The van der Waals surface area contributed by atoms with Crippen molar-refractivity contribution < 1.29 is 14.3 Å². The van der Waals surface area contributed by atoms with E-state index in [2.05, 4.69) is 31.9 Å². The highest BCUT2D eigenvalue weighted by Crippen LogP contribution is 2.47. The second kappa shape index (κ2) is 4.93. The Morgan fingerprint density at radius 1 is 1.39 bits per heavy atom. The smallest absolute Gasteiger partial charge is 0.183 e. The van der Waals surface area contributed by atoms with E-state index in [9.17, 15) is 5.11 Å². The zero-order chi connectivity index (χ0) is 12.8. The van der Waals surface area contributed by atoms with Crippen LogP contribution in [0.15, 0.2) is 19.6 Å². The lowest BCUT2D eigenvalue weighted by atomic mass is 9.70. The molecule has 2 unspecified atom stereocenters. The quantitative estimate of drug-likeness (QED) is 0.837. The number of hydrogen-bond donors (Lipinski definition) is 1. The maximum atomic E-state index is 10.4. The number of halogens is 2. The summed E-state index contributed by atoms with van der Waals surface area (Å²) in [5.41, 5.74) is 0.0605. The van der Waals surface area contributed by atoms with Crippen LogP contribution in [0.25, 0.3) is 0 Å². The Morgan fingerprint density at radius 2 is 2.17 bits per heavy atom. The summed E-state index contributed by atoms with van der Waals surface area (Å²) in [4.78, 5) is 0. The fraction of sp³-hybridized carbons (Fsp3) is 0.692. The van der Waals surface area contributed by atoms with Gasteiger partial charge in [-0.1, -0.05) is 0 Å². The molecule has 3 rings (SSSR count). The van der Waals surface area contributed by atoms with E-state index in [4.69, 9.17) is 9.15 Å². The molecule has 100 valence electrons. The minimum absolute atomic E-state index is 0.0605. The van der Waals surface area contributed by atoms with Crippen LogP contribution in [0, 0.1) is 5.92 Å². The van der Waals surface area contributed by atoms with Crippen LogP contribution in [0.2, 0.25) is 0 Å². The van der Waals surface area contributed by atoms with Gasteiger partial charge in [0.2, 0.25) is 0 Å². The summed E-state index contributed by atoms with van der Waals surface area (Å²) in [5.74, 6) is 0.874. The second-order valence-corrected chi connectivity index (χ2v) is 6.93. The molecule has 1 aliphatic heterocycles. The summed E-state index contributed by atoms with van der Waals surface area (Å²) in [5, 5.41) is 10.4. The van der Waals surface area contributed by atoms with Crippen LogP contribution in [-0.4, -0.2) is 17.3 Å². The van der Waals surface area contributed by atoms with Crippen molar-refractivity contribution in [2.45, 2.75) is 43.8 Å². The fourth-order valence-electron chi connectivity index (χ4n) is 3.00. The normalized spacial score (nSPS) is 28.1. The molecule has 2 atom stereocenters. The average molecular weight is 380 g/mol. The topological polar surface area (TPSA) is 42.6 Å². The minimum Gasteiger partial charge on any atom is -0.450 e. The van der Waals surface area contributed by atoms with Crippen LogP contribution in [0.4, 0.5) is 0 Å². The molecule has 1 aliphatic carbocycles. The fourth-order valence-corrected chi connectivity index (χ4v) is 3.60. The summed E-state index contributed by atoms with van der Waals surface area (Å²) in [7, 11) is 0. The maximum Gasteiger partial charge on any atom is 0.183 e. The van der Waals surface area contributed by atoms with Gasteiger partial charge < -0.3 is 14.3 Å². The first-order valence-corrected chi connectivity index (χ1v) is 7.95. The molecule has 2 heterocycles. The Kier molecular flexibility index (Phi) is 3.60. The Balaban J connectivity index is 1.73. The predicted octanol–water partition coefficient (Wildman–Crippen LogP) is 4.19. The van der Waals surface area contributed by atoms with Gasteiger partial charge in [0.25, 0.3) is 0 Å². The Morgan fingerprint density at radius 3 is 2.72 bits per heavy atom. The molecule has 1 aromatic heterocycles. The van der Waals surface area contributed by atoms with Gasteiger partial charge in [0.15, 0.2) is 4.67 Å². The molecule has 0 amide bonds. The van der Waals surface area contributed by atoms with Crippen molar-refractivity contribution in [1.29, 1.82) is 0 Å². The highest BCUT2D eigenvalue weighted by atomic mass is 79.9. The summed E-state index contributed by atoms with van der Waals surface area (Å²) < 4.78 is 12.9. The van der Waals surface area contributed by atoms with Crippen molar-refractivity contribution in [2.75, 3.05) is 6.61 Å². The van der Waals surface area contributed by atoms with E-state index in [1.165, 1.54) is 6.42 Å². The molecule has 3 nitrogen and oxygen atoms in total. The van der Waals surface area contributed by atoms with Gasteiger partial charge in [-0.3, -0.25) is 0 Å². The van der Waals surface area contributed by atoms with Gasteiger partial charge in [0, 0.05) is 6.61 Å². The molecule has 18 heavy (non-hydrogen) atoms. The van der Waals surface area contributed by atoms with Crippen LogP contribution in [0.1, 0.15) is 44.0 Å². The lowest BCUT2D eigenvalue weighted by molar-refractivity contribution is -0.158. The Hall–Kier alpha value is 0.160. The molecule has 0 aromatic carbocycles. The number of aliphatic hydroxyl groups excluding tert-OH is 1. The molecule has 1 saturated carbocycles. The molecular formula is C13H16Br2O3. The monoisotopic (exact) mass is 378 g/mol. The third kappa shape index (κ3) is 2.30. The van der Waals surface area contributed by atoms with Crippen molar-refractivity contribution in [3.05, 3.63) is 21.0 Å². The number of aliphatic hydroxyl groups is 1. The maximum absolute atomic E-state index is 10.4. The van der Waals surface area contributed by atoms with Crippen LogP contribution in [0.3, 0.4) is 0 Å². The van der Waals surface area contributed by atoms with Crippen LogP contribution < -0.4 is 0 Å². The van der Waals surface area contributed by atoms with E-state index in [0.717, 1.165) is 36.8 Å². The van der Waals surface area contributed by atoms with E-state index in [1.807, 2.05) is 6.07 Å². The molecule has 5 heteroatoms. The summed E-state index contributed by atoms with van der Waals surface area (Å²) in [6.07, 6.45) is 4.85. The van der Waals surface area contributed by atoms with E-state index in [-0.39, 0.29) is 11.5 Å². The molecule has 1 saturated heterocycles. The van der Waals surface area contributed by atoms with Crippen molar-refractivity contribution in [1.82, 2.24) is 0 Å². The highest BCUT2D eigenvalue weighted by Gasteiger charge is 2.44. The zero-order valence-electron chi connectivity index (χ0n) is 9.99. The molecular weight excluding hydrogens is 364 g/mol. The van der Waals surface area contributed by atoms with E-state index < -0.39 is 6.10 Å². The molecule has 1 N–H and O–H groups in total. The van der Waals surface area contributed by atoms with E-state index >= 15 is 0 Å². The Bertz CT molecular complexity index is 420. The number of furan rings is 1. The minimum atomic E-state index is -0.533. The highest BCUT2D eigenvalue weighted by molar-refractivity contribution is 9.13. The SMILES string of the molecule is OC(c1cc(Br)c(Br)o1)C1CCOC2(CCC2)C1. The predicted molar refractivity (Wildman–Crippen MR) is 74.3 cm³/mol. The average Bonchev–Trinajstić information content (AvgIpc) is 2.67. The standard InChI is InChI=1S/C13H16Br2O3/c14-9-6-10(18-12(9)15)11(16)8-2-5-17-13(7-8)3-1-4-13/h6,8,11,16H,1-5,7H2. The lowest BCUT2D eigenvalue weighted by Crippen LogP contribution is -2.46. The van der Waals surface area contributed by atoms with Crippen molar-refractivity contribution in [3.63, 3.8) is 0 Å². The number of hydrogen-bond acceptors (Lipinski definition) is 3. The Labute approximate surface area is 123 Å². The van der Waals surface area contributed by atoms with E-state index in [1.54, 1.807) is 0 Å². The van der Waals surface area contributed by atoms with Gasteiger partial charge in [-0.05, 0) is 75.9 Å². The summed E-state index contributed by atoms with van der Waals surface area (Å²) in [6.45, 7) is 0.755. The van der Waals surface area contributed by atoms with Crippen LogP contribution in [-0.2, 0) is 4.74 Å². The van der Waals surface area contributed by atoms with Gasteiger partial charge in [-0.15, -0.1) is 0 Å². The van der Waals surface area contributed by atoms with Crippen molar-refractivity contribution in [2.24, 2.45) is 5.92 Å². The lowest BCUT2D eigenvalue weighted by Gasteiger charge is -2.47. The van der Waals surface area contributed by atoms with Gasteiger partial charge in [0.1, 0.15) is 11.9 Å². The summed E-state index contributed by atoms with van der Waals surface area (Å²) in [6, 6.07) is 1.84. The third-order valence-electron chi connectivity index (χ3n) is 4.20. The van der Waals surface area contributed by atoms with Crippen molar-refractivity contribution in [3.8, 4) is 0 Å². The van der Waals surface area contributed by atoms with Crippen LogP contribution in [0.5, 0.6) is 0 Å². The molecule has 2 aliphatic rings. The molecule has 1 spiro atoms. The first-order chi connectivity index (χ1) is 8.60. The van der Waals surface area contributed by atoms with Gasteiger partial charge in [-0.2, -0.15) is 0 Å². The first kappa shape index (κ1) is 13.2. The molecule has 2 fully saturated rings. The van der Waals surface area contributed by atoms with Crippen LogP contribution >= 0.6 is 31.9 Å². The number of ether oxygens (including phenoxy) is 1.